The quantitative estimate of drug-likeness (QED) is 0.910. The van der Waals surface area contributed by atoms with Crippen molar-refractivity contribution in [3.63, 3.8) is 0 Å². The van der Waals surface area contributed by atoms with E-state index >= 15 is 0 Å². The second-order valence-corrected chi connectivity index (χ2v) is 6.37. The highest BCUT2D eigenvalue weighted by molar-refractivity contribution is 5.53. The monoisotopic (exact) mass is 297 g/mol. The molecule has 1 unspecified atom stereocenters. The fourth-order valence-corrected chi connectivity index (χ4v) is 3.66. The molecule has 22 heavy (non-hydrogen) atoms. The smallest absolute Gasteiger partial charge is 0.181 e. The lowest BCUT2D eigenvalue weighted by atomic mass is 9.95. The SMILES string of the molecule is c1ccc(-c2n[nH]c(C3CCN(C4CCNC4)CC3)n2)cc1. The highest BCUT2D eigenvalue weighted by Gasteiger charge is 2.28. The molecule has 1 aromatic carbocycles. The van der Waals surface area contributed by atoms with Crippen LogP contribution in [0.2, 0.25) is 0 Å². The first-order valence-corrected chi connectivity index (χ1v) is 8.32. The molecule has 0 spiro atoms. The first-order chi connectivity index (χ1) is 10.9. The van der Waals surface area contributed by atoms with Crippen LogP contribution in [-0.4, -0.2) is 52.3 Å². The first-order valence-electron chi connectivity index (χ1n) is 8.32. The Kier molecular flexibility index (Phi) is 3.91. The van der Waals surface area contributed by atoms with Crippen LogP contribution in [0, 0.1) is 0 Å². The molecule has 116 valence electrons. The largest absolute Gasteiger partial charge is 0.315 e. The van der Waals surface area contributed by atoms with Gasteiger partial charge < -0.3 is 5.32 Å². The Bertz CT molecular complexity index is 595. The number of hydrogen-bond acceptors (Lipinski definition) is 4. The maximum Gasteiger partial charge on any atom is 0.181 e. The molecular weight excluding hydrogens is 274 g/mol. The van der Waals surface area contributed by atoms with Crippen molar-refractivity contribution in [3.8, 4) is 11.4 Å². The average Bonchev–Trinajstić information content (AvgIpc) is 3.28. The minimum atomic E-state index is 0.524. The molecule has 2 aromatic rings. The van der Waals surface area contributed by atoms with E-state index in [0.29, 0.717) is 5.92 Å². The molecule has 2 aliphatic heterocycles. The van der Waals surface area contributed by atoms with E-state index in [-0.39, 0.29) is 0 Å². The predicted molar refractivity (Wildman–Crippen MR) is 86.6 cm³/mol. The summed E-state index contributed by atoms with van der Waals surface area (Å²) >= 11 is 0. The Morgan fingerprint density at radius 1 is 1.05 bits per heavy atom. The molecule has 0 radical (unpaired) electrons. The number of likely N-dealkylation sites (tertiary alicyclic amines) is 1. The number of nitrogens with one attached hydrogen (secondary N) is 2. The molecule has 3 heterocycles. The minimum Gasteiger partial charge on any atom is -0.315 e. The van der Waals surface area contributed by atoms with Gasteiger partial charge in [0.25, 0.3) is 0 Å². The van der Waals surface area contributed by atoms with Crippen molar-refractivity contribution in [1.29, 1.82) is 0 Å². The van der Waals surface area contributed by atoms with Crippen molar-refractivity contribution in [2.45, 2.75) is 31.2 Å². The molecule has 2 saturated heterocycles. The van der Waals surface area contributed by atoms with Gasteiger partial charge in [-0.25, -0.2) is 4.98 Å². The van der Waals surface area contributed by atoms with Crippen LogP contribution in [0.5, 0.6) is 0 Å². The van der Waals surface area contributed by atoms with Crippen LogP contribution in [0.3, 0.4) is 0 Å². The molecular formula is C17H23N5. The number of aromatic nitrogens is 3. The molecule has 0 aliphatic carbocycles. The Morgan fingerprint density at radius 3 is 2.59 bits per heavy atom. The summed E-state index contributed by atoms with van der Waals surface area (Å²) in [5.41, 5.74) is 1.08. The molecule has 5 nitrogen and oxygen atoms in total. The molecule has 5 heteroatoms. The van der Waals surface area contributed by atoms with Crippen molar-refractivity contribution in [2.24, 2.45) is 0 Å². The van der Waals surface area contributed by atoms with E-state index in [0.717, 1.165) is 29.8 Å². The zero-order valence-electron chi connectivity index (χ0n) is 12.8. The lowest BCUT2D eigenvalue weighted by Gasteiger charge is -2.34. The Hall–Kier alpha value is -1.72. The van der Waals surface area contributed by atoms with Crippen LogP contribution in [-0.2, 0) is 0 Å². The number of rotatable bonds is 3. The zero-order chi connectivity index (χ0) is 14.8. The first kappa shape index (κ1) is 13.9. The van der Waals surface area contributed by atoms with Gasteiger partial charge >= 0.3 is 0 Å². The van der Waals surface area contributed by atoms with Crippen molar-refractivity contribution < 1.29 is 0 Å². The van der Waals surface area contributed by atoms with E-state index in [1.165, 1.54) is 38.9 Å². The fourth-order valence-electron chi connectivity index (χ4n) is 3.66. The highest BCUT2D eigenvalue weighted by atomic mass is 15.2. The lowest BCUT2D eigenvalue weighted by molar-refractivity contribution is 0.159. The van der Waals surface area contributed by atoms with Crippen molar-refractivity contribution in [2.75, 3.05) is 26.2 Å². The van der Waals surface area contributed by atoms with Crippen LogP contribution < -0.4 is 5.32 Å². The molecule has 4 rings (SSSR count). The number of H-pyrrole nitrogens is 1. The summed E-state index contributed by atoms with van der Waals surface area (Å²) in [6.45, 7) is 4.69. The van der Waals surface area contributed by atoms with Gasteiger partial charge in [0.1, 0.15) is 5.82 Å². The van der Waals surface area contributed by atoms with E-state index in [4.69, 9.17) is 4.98 Å². The van der Waals surface area contributed by atoms with E-state index in [2.05, 4.69) is 32.5 Å². The van der Waals surface area contributed by atoms with Crippen LogP contribution in [0.4, 0.5) is 0 Å². The van der Waals surface area contributed by atoms with Gasteiger partial charge in [-0.2, -0.15) is 5.10 Å². The van der Waals surface area contributed by atoms with Gasteiger partial charge in [-0.1, -0.05) is 30.3 Å². The van der Waals surface area contributed by atoms with E-state index in [9.17, 15) is 0 Å². The Morgan fingerprint density at radius 2 is 1.86 bits per heavy atom. The molecule has 0 saturated carbocycles. The summed E-state index contributed by atoms with van der Waals surface area (Å²) in [6.07, 6.45) is 3.66. The summed E-state index contributed by atoms with van der Waals surface area (Å²) in [4.78, 5) is 7.37. The third-order valence-corrected chi connectivity index (χ3v) is 5.00. The van der Waals surface area contributed by atoms with Gasteiger partial charge in [0.2, 0.25) is 0 Å². The number of hydrogen-bond donors (Lipinski definition) is 2. The summed E-state index contributed by atoms with van der Waals surface area (Å²) in [5, 5.41) is 11.0. The average molecular weight is 297 g/mol. The molecule has 2 aliphatic rings. The predicted octanol–water partition coefficient (Wildman–Crippen LogP) is 2.01. The second-order valence-electron chi connectivity index (χ2n) is 6.37. The van der Waals surface area contributed by atoms with Crippen LogP contribution >= 0.6 is 0 Å². The maximum atomic E-state index is 4.73. The molecule has 1 aromatic heterocycles. The molecule has 0 bridgehead atoms. The highest BCUT2D eigenvalue weighted by Crippen LogP contribution is 2.28. The van der Waals surface area contributed by atoms with Crippen LogP contribution in [0.25, 0.3) is 11.4 Å². The number of nitrogens with zero attached hydrogens (tertiary/aromatic N) is 3. The summed E-state index contributed by atoms with van der Waals surface area (Å²) in [7, 11) is 0. The third kappa shape index (κ3) is 2.78. The fraction of sp³-hybridized carbons (Fsp3) is 0.529. The van der Waals surface area contributed by atoms with Gasteiger partial charge in [-0.05, 0) is 38.9 Å². The molecule has 0 amide bonds. The number of aromatic amines is 1. The topological polar surface area (TPSA) is 56.8 Å². The number of benzene rings is 1. The standard InChI is InChI=1S/C17H23N5/c1-2-4-13(5-3-1)16-19-17(21-20-16)14-7-10-22(11-8-14)15-6-9-18-12-15/h1-5,14-15,18H,6-12H2,(H,19,20,21). The Labute approximate surface area is 131 Å². The maximum absolute atomic E-state index is 4.73. The van der Waals surface area contributed by atoms with Crippen molar-refractivity contribution in [1.82, 2.24) is 25.4 Å². The van der Waals surface area contributed by atoms with Crippen LogP contribution in [0.15, 0.2) is 30.3 Å². The van der Waals surface area contributed by atoms with E-state index in [1.807, 2.05) is 18.2 Å². The normalized spacial score (nSPS) is 23.9. The van der Waals surface area contributed by atoms with Gasteiger partial charge in [0, 0.05) is 24.1 Å². The van der Waals surface area contributed by atoms with Gasteiger partial charge in [0.15, 0.2) is 5.82 Å². The van der Waals surface area contributed by atoms with E-state index < -0.39 is 0 Å². The summed E-state index contributed by atoms with van der Waals surface area (Å²) in [6, 6.07) is 10.9. The molecule has 1 atom stereocenters. The van der Waals surface area contributed by atoms with Crippen LogP contribution in [0.1, 0.15) is 31.0 Å². The van der Waals surface area contributed by atoms with Gasteiger partial charge in [-0.15, -0.1) is 0 Å². The zero-order valence-corrected chi connectivity index (χ0v) is 12.8. The molecule has 2 fully saturated rings. The Balaban J connectivity index is 1.40. The van der Waals surface area contributed by atoms with Crippen molar-refractivity contribution >= 4 is 0 Å². The summed E-state index contributed by atoms with van der Waals surface area (Å²) in [5.74, 6) is 2.40. The third-order valence-electron chi connectivity index (χ3n) is 5.00. The second kappa shape index (κ2) is 6.18. The summed E-state index contributed by atoms with van der Waals surface area (Å²) < 4.78 is 0. The minimum absolute atomic E-state index is 0.524. The lowest BCUT2D eigenvalue weighted by Crippen LogP contribution is -2.42. The van der Waals surface area contributed by atoms with Crippen molar-refractivity contribution in [3.05, 3.63) is 36.2 Å². The van der Waals surface area contributed by atoms with Gasteiger partial charge in [-0.3, -0.25) is 10.00 Å². The molecule has 2 N–H and O–H groups in total. The van der Waals surface area contributed by atoms with E-state index in [1.54, 1.807) is 0 Å². The number of piperidine rings is 1. The van der Waals surface area contributed by atoms with Gasteiger partial charge in [0.05, 0.1) is 0 Å².